The molecule has 0 aromatic carbocycles. The van der Waals surface area contributed by atoms with Gasteiger partial charge in [-0.25, -0.2) is 0 Å². The third kappa shape index (κ3) is 2.88. The summed E-state index contributed by atoms with van der Waals surface area (Å²) < 4.78 is 0. The maximum Gasteiger partial charge on any atom is 0.237 e. The zero-order chi connectivity index (χ0) is 12.3. The van der Waals surface area contributed by atoms with Crippen LogP contribution in [-0.2, 0) is 9.59 Å². The van der Waals surface area contributed by atoms with Gasteiger partial charge in [0.2, 0.25) is 11.8 Å². The van der Waals surface area contributed by atoms with Crippen molar-refractivity contribution in [1.82, 2.24) is 9.80 Å². The van der Waals surface area contributed by atoms with Crippen LogP contribution in [0.25, 0.3) is 0 Å². The monoisotopic (exact) mass is 246 g/mol. The summed E-state index contributed by atoms with van der Waals surface area (Å²) in [4.78, 5) is 26.5. The van der Waals surface area contributed by atoms with Crippen molar-refractivity contribution in [3.05, 3.63) is 0 Å². The van der Waals surface area contributed by atoms with Gasteiger partial charge >= 0.3 is 0 Å². The molecule has 1 rings (SSSR count). The van der Waals surface area contributed by atoms with Crippen molar-refractivity contribution in [2.45, 2.75) is 39.3 Å². The fourth-order valence-electron chi connectivity index (χ4n) is 2.32. The van der Waals surface area contributed by atoms with Crippen molar-refractivity contribution in [1.29, 1.82) is 0 Å². The average molecular weight is 247 g/mol. The van der Waals surface area contributed by atoms with Crippen LogP contribution in [0.2, 0.25) is 0 Å². The normalized spacial score (nSPS) is 20.3. The number of amides is 2. The summed E-state index contributed by atoms with van der Waals surface area (Å²) >= 11 is 5.51. The van der Waals surface area contributed by atoms with E-state index in [0.717, 1.165) is 6.42 Å². The molecule has 92 valence electrons. The van der Waals surface area contributed by atoms with E-state index in [9.17, 15) is 9.59 Å². The van der Waals surface area contributed by atoms with Crippen LogP contribution in [0.4, 0.5) is 0 Å². The van der Waals surface area contributed by atoms with Gasteiger partial charge in [0.15, 0.2) is 0 Å². The molecule has 1 atom stereocenters. The Bertz CT molecular complexity index is 281. The average Bonchev–Trinajstić information content (AvgIpc) is 2.64. The molecule has 1 fully saturated rings. The van der Waals surface area contributed by atoms with E-state index in [4.69, 9.17) is 11.6 Å². The molecule has 1 saturated heterocycles. The van der Waals surface area contributed by atoms with Crippen molar-refractivity contribution in [2.75, 3.05) is 19.0 Å². The van der Waals surface area contributed by atoms with Gasteiger partial charge in [-0.15, -0.1) is 11.6 Å². The topological polar surface area (TPSA) is 40.6 Å². The molecule has 1 aliphatic heterocycles. The quantitative estimate of drug-likeness (QED) is 0.700. The Morgan fingerprint density at radius 2 is 2.12 bits per heavy atom. The third-order valence-electron chi connectivity index (χ3n) is 2.94. The molecule has 0 spiro atoms. The SMILES string of the molecule is CC(=O)N(C(C)C)[C@H]1CCN(C(=O)CCl)C1. The van der Waals surface area contributed by atoms with Crippen LogP contribution in [0, 0.1) is 0 Å². The molecule has 0 unspecified atom stereocenters. The van der Waals surface area contributed by atoms with Crippen LogP contribution >= 0.6 is 11.6 Å². The van der Waals surface area contributed by atoms with Gasteiger partial charge in [-0.05, 0) is 20.3 Å². The predicted octanol–water partition coefficient (Wildman–Crippen LogP) is 1.08. The van der Waals surface area contributed by atoms with Gasteiger partial charge in [-0.1, -0.05) is 0 Å². The molecule has 0 N–H and O–H groups in total. The number of halogens is 1. The molecular formula is C11H19ClN2O2. The van der Waals surface area contributed by atoms with Crippen LogP contribution < -0.4 is 0 Å². The molecule has 0 aliphatic carbocycles. The van der Waals surface area contributed by atoms with Gasteiger partial charge < -0.3 is 9.80 Å². The Morgan fingerprint density at radius 3 is 2.56 bits per heavy atom. The minimum Gasteiger partial charge on any atom is -0.340 e. The lowest BCUT2D eigenvalue weighted by molar-refractivity contribution is -0.134. The highest BCUT2D eigenvalue weighted by atomic mass is 35.5. The van der Waals surface area contributed by atoms with Gasteiger partial charge in [-0.2, -0.15) is 0 Å². The molecular weight excluding hydrogens is 228 g/mol. The third-order valence-corrected chi connectivity index (χ3v) is 3.17. The Hall–Kier alpha value is -0.770. The van der Waals surface area contributed by atoms with E-state index in [-0.39, 0.29) is 29.8 Å². The van der Waals surface area contributed by atoms with Crippen LogP contribution in [0.15, 0.2) is 0 Å². The molecule has 1 heterocycles. The predicted molar refractivity (Wildman–Crippen MR) is 63.4 cm³/mol. The summed E-state index contributed by atoms with van der Waals surface area (Å²) in [6, 6.07) is 0.318. The number of carbonyl (C=O) groups is 2. The van der Waals surface area contributed by atoms with E-state index in [1.54, 1.807) is 11.8 Å². The number of nitrogens with zero attached hydrogens (tertiary/aromatic N) is 2. The van der Waals surface area contributed by atoms with Gasteiger partial charge in [0.1, 0.15) is 5.88 Å². The lowest BCUT2D eigenvalue weighted by atomic mass is 10.1. The number of alkyl halides is 1. The van der Waals surface area contributed by atoms with E-state index in [0.29, 0.717) is 13.1 Å². The summed E-state index contributed by atoms with van der Waals surface area (Å²) in [5.41, 5.74) is 0. The first-order valence-electron chi connectivity index (χ1n) is 5.60. The van der Waals surface area contributed by atoms with Crippen LogP contribution in [0.3, 0.4) is 0 Å². The van der Waals surface area contributed by atoms with Gasteiger partial charge in [-0.3, -0.25) is 9.59 Å². The van der Waals surface area contributed by atoms with Crippen molar-refractivity contribution < 1.29 is 9.59 Å². The first-order chi connectivity index (χ1) is 7.47. The zero-order valence-corrected chi connectivity index (χ0v) is 10.8. The van der Waals surface area contributed by atoms with Gasteiger partial charge in [0.05, 0.1) is 6.04 Å². The fourth-order valence-corrected chi connectivity index (χ4v) is 2.49. The first-order valence-corrected chi connectivity index (χ1v) is 6.13. The second-order valence-corrected chi connectivity index (χ2v) is 4.70. The van der Waals surface area contributed by atoms with Crippen LogP contribution in [0.1, 0.15) is 27.2 Å². The number of hydrogen-bond acceptors (Lipinski definition) is 2. The van der Waals surface area contributed by atoms with Gasteiger partial charge in [0, 0.05) is 26.1 Å². The highest BCUT2D eigenvalue weighted by molar-refractivity contribution is 6.27. The highest BCUT2D eigenvalue weighted by Crippen LogP contribution is 2.18. The van der Waals surface area contributed by atoms with E-state index >= 15 is 0 Å². The Balaban J connectivity index is 2.63. The smallest absolute Gasteiger partial charge is 0.237 e. The van der Waals surface area contributed by atoms with Crippen molar-refractivity contribution in [3.63, 3.8) is 0 Å². The maximum atomic E-state index is 11.5. The van der Waals surface area contributed by atoms with Crippen molar-refractivity contribution in [3.8, 4) is 0 Å². The zero-order valence-electron chi connectivity index (χ0n) is 10.1. The summed E-state index contributed by atoms with van der Waals surface area (Å²) in [5.74, 6) is 0.0469. The van der Waals surface area contributed by atoms with E-state index in [2.05, 4.69) is 0 Å². The molecule has 5 heteroatoms. The summed E-state index contributed by atoms with van der Waals surface area (Å²) in [7, 11) is 0. The molecule has 0 aromatic rings. The molecule has 2 amide bonds. The summed E-state index contributed by atoms with van der Waals surface area (Å²) in [6.07, 6.45) is 0.848. The second kappa shape index (κ2) is 5.53. The van der Waals surface area contributed by atoms with E-state index in [1.165, 1.54) is 0 Å². The molecule has 16 heavy (non-hydrogen) atoms. The molecule has 0 saturated carbocycles. The Labute approximate surface area is 102 Å². The lowest BCUT2D eigenvalue weighted by Crippen LogP contribution is -2.45. The highest BCUT2D eigenvalue weighted by Gasteiger charge is 2.32. The molecule has 0 radical (unpaired) electrons. The number of hydrogen-bond donors (Lipinski definition) is 0. The molecule has 4 nitrogen and oxygen atoms in total. The Morgan fingerprint density at radius 1 is 1.50 bits per heavy atom. The minimum atomic E-state index is -0.0450. The molecule has 0 bridgehead atoms. The summed E-state index contributed by atoms with van der Waals surface area (Å²) in [6.45, 7) is 6.88. The van der Waals surface area contributed by atoms with Crippen molar-refractivity contribution in [2.24, 2.45) is 0 Å². The fraction of sp³-hybridized carbons (Fsp3) is 0.818. The van der Waals surface area contributed by atoms with Crippen molar-refractivity contribution >= 4 is 23.4 Å². The van der Waals surface area contributed by atoms with Gasteiger partial charge in [0.25, 0.3) is 0 Å². The molecule has 0 aromatic heterocycles. The standard InChI is InChI=1S/C11H19ClN2O2/c1-8(2)14(9(3)15)10-4-5-13(7-10)11(16)6-12/h8,10H,4-7H2,1-3H3/t10-/m0/s1. The first kappa shape index (κ1) is 13.3. The largest absolute Gasteiger partial charge is 0.340 e. The maximum absolute atomic E-state index is 11.5. The number of likely N-dealkylation sites (tertiary alicyclic amines) is 1. The summed E-state index contributed by atoms with van der Waals surface area (Å²) in [5, 5.41) is 0. The van der Waals surface area contributed by atoms with E-state index < -0.39 is 0 Å². The van der Waals surface area contributed by atoms with Crippen LogP contribution in [0.5, 0.6) is 0 Å². The van der Waals surface area contributed by atoms with E-state index in [1.807, 2.05) is 18.7 Å². The number of rotatable bonds is 3. The second-order valence-electron chi connectivity index (χ2n) is 4.44. The minimum absolute atomic E-state index is 0.0223. The van der Waals surface area contributed by atoms with Crippen LogP contribution in [-0.4, -0.2) is 52.7 Å². The molecule has 1 aliphatic rings. The lowest BCUT2D eigenvalue weighted by Gasteiger charge is -2.31. The Kier molecular flexibility index (Phi) is 4.59. The number of carbonyl (C=O) groups excluding carboxylic acids is 2.